The Bertz CT molecular complexity index is 1020. The molecule has 0 radical (unpaired) electrons. The molecule has 0 unspecified atom stereocenters. The van der Waals surface area contributed by atoms with Gasteiger partial charge in [-0.1, -0.05) is 18.2 Å². The van der Waals surface area contributed by atoms with E-state index in [0.29, 0.717) is 23.4 Å². The number of benzene rings is 2. The van der Waals surface area contributed by atoms with E-state index in [2.05, 4.69) is 32.3 Å². The molecular formula is C21H16BrN3O2. The highest BCUT2D eigenvalue weighted by molar-refractivity contribution is 9.10. The van der Waals surface area contributed by atoms with Crippen molar-refractivity contribution in [2.45, 2.75) is 6.42 Å². The third-order valence-electron chi connectivity index (χ3n) is 4.49. The summed E-state index contributed by atoms with van der Waals surface area (Å²) >= 11 is 3.30. The number of rotatable bonds is 3. The summed E-state index contributed by atoms with van der Waals surface area (Å²) < 4.78 is 0.738. The van der Waals surface area contributed by atoms with Gasteiger partial charge < -0.3 is 10.2 Å². The van der Waals surface area contributed by atoms with Gasteiger partial charge in [-0.05, 0) is 64.3 Å². The van der Waals surface area contributed by atoms with Crippen LogP contribution in [0.25, 0.3) is 0 Å². The van der Waals surface area contributed by atoms with Gasteiger partial charge in [-0.2, -0.15) is 0 Å². The number of amides is 2. The molecule has 6 heteroatoms. The maximum atomic E-state index is 12.8. The first kappa shape index (κ1) is 17.4. The Kier molecular flexibility index (Phi) is 4.73. The first-order valence-electron chi connectivity index (χ1n) is 8.53. The number of pyridine rings is 1. The number of hydrogen-bond donors (Lipinski definition) is 1. The van der Waals surface area contributed by atoms with Crippen LogP contribution in [0.2, 0.25) is 0 Å². The molecule has 4 rings (SSSR count). The number of halogens is 1. The van der Waals surface area contributed by atoms with Crippen LogP contribution >= 0.6 is 15.9 Å². The molecule has 0 spiro atoms. The first-order chi connectivity index (χ1) is 13.1. The van der Waals surface area contributed by atoms with Crippen molar-refractivity contribution in [3.8, 4) is 0 Å². The van der Waals surface area contributed by atoms with Gasteiger partial charge in [0.2, 0.25) is 0 Å². The Morgan fingerprint density at radius 2 is 1.78 bits per heavy atom. The standard InChI is InChI=1S/C21H16BrN3O2/c22-17-11-16(12-23-13-17)20(26)24-18-7-5-15(6-8-18)21(27)25-10-9-14-3-1-2-4-19(14)25/h1-8,11-13H,9-10H2,(H,24,26). The Morgan fingerprint density at radius 1 is 1.00 bits per heavy atom. The van der Waals surface area contributed by atoms with Crippen LogP contribution in [0.15, 0.2) is 71.5 Å². The van der Waals surface area contributed by atoms with E-state index < -0.39 is 0 Å². The Morgan fingerprint density at radius 3 is 2.56 bits per heavy atom. The molecule has 5 nitrogen and oxygen atoms in total. The Hall–Kier alpha value is -2.99. The number of para-hydroxylation sites is 1. The van der Waals surface area contributed by atoms with E-state index in [0.717, 1.165) is 16.6 Å². The summed E-state index contributed by atoms with van der Waals surface area (Å²) in [5.74, 6) is -0.287. The second-order valence-electron chi connectivity index (χ2n) is 6.26. The summed E-state index contributed by atoms with van der Waals surface area (Å²) in [7, 11) is 0. The van der Waals surface area contributed by atoms with Crippen molar-refractivity contribution in [3.63, 3.8) is 0 Å². The zero-order chi connectivity index (χ0) is 18.8. The second kappa shape index (κ2) is 7.32. The van der Waals surface area contributed by atoms with Crippen LogP contribution in [-0.2, 0) is 6.42 Å². The van der Waals surface area contributed by atoms with Crippen LogP contribution in [0.4, 0.5) is 11.4 Å². The van der Waals surface area contributed by atoms with Crippen LogP contribution in [0.5, 0.6) is 0 Å². The molecule has 2 heterocycles. The van der Waals surface area contributed by atoms with Gasteiger partial charge >= 0.3 is 0 Å². The maximum Gasteiger partial charge on any atom is 0.258 e. The molecular weight excluding hydrogens is 406 g/mol. The van der Waals surface area contributed by atoms with Gasteiger partial charge in [0, 0.05) is 40.3 Å². The van der Waals surface area contributed by atoms with E-state index in [1.807, 2.05) is 18.2 Å². The molecule has 3 aromatic rings. The third kappa shape index (κ3) is 3.61. The molecule has 1 aliphatic rings. The third-order valence-corrected chi connectivity index (χ3v) is 4.92. The largest absolute Gasteiger partial charge is 0.322 e. The highest BCUT2D eigenvalue weighted by atomic mass is 79.9. The highest BCUT2D eigenvalue weighted by Crippen LogP contribution is 2.29. The summed E-state index contributed by atoms with van der Waals surface area (Å²) in [6.07, 6.45) is 3.99. The summed E-state index contributed by atoms with van der Waals surface area (Å²) in [5, 5.41) is 2.81. The summed E-state index contributed by atoms with van der Waals surface area (Å²) in [6, 6.07) is 16.6. The lowest BCUT2D eigenvalue weighted by Crippen LogP contribution is -2.28. The average molecular weight is 422 g/mol. The zero-order valence-corrected chi connectivity index (χ0v) is 15.9. The number of hydrogen-bond acceptors (Lipinski definition) is 3. The van der Waals surface area contributed by atoms with Crippen LogP contribution in [0.3, 0.4) is 0 Å². The van der Waals surface area contributed by atoms with Crippen molar-refractivity contribution in [2.24, 2.45) is 0 Å². The van der Waals surface area contributed by atoms with E-state index in [1.165, 1.54) is 11.8 Å². The minimum atomic E-state index is -0.253. The molecule has 0 aliphatic carbocycles. The van der Waals surface area contributed by atoms with Crippen molar-refractivity contribution in [1.29, 1.82) is 0 Å². The molecule has 0 fully saturated rings. The van der Waals surface area contributed by atoms with Gasteiger partial charge in [0.05, 0.1) is 5.56 Å². The van der Waals surface area contributed by atoms with Gasteiger partial charge in [-0.3, -0.25) is 14.6 Å². The molecule has 0 saturated carbocycles. The molecule has 1 aromatic heterocycles. The Labute approximate surface area is 165 Å². The molecule has 1 aliphatic heterocycles. The van der Waals surface area contributed by atoms with Crippen molar-refractivity contribution in [3.05, 3.63) is 88.2 Å². The number of carbonyl (C=O) groups is 2. The van der Waals surface area contributed by atoms with Crippen molar-refractivity contribution >= 4 is 39.1 Å². The van der Waals surface area contributed by atoms with Crippen molar-refractivity contribution < 1.29 is 9.59 Å². The molecule has 2 amide bonds. The second-order valence-corrected chi connectivity index (χ2v) is 7.17. The van der Waals surface area contributed by atoms with E-state index in [4.69, 9.17) is 0 Å². The topological polar surface area (TPSA) is 62.3 Å². The van der Waals surface area contributed by atoms with Crippen molar-refractivity contribution in [1.82, 2.24) is 4.98 Å². The normalized spacial score (nSPS) is 12.6. The lowest BCUT2D eigenvalue weighted by atomic mass is 10.1. The smallest absolute Gasteiger partial charge is 0.258 e. The van der Waals surface area contributed by atoms with Crippen LogP contribution in [0, 0.1) is 0 Å². The fourth-order valence-corrected chi connectivity index (χ4v) is 3.51. The summed E-state index contributed by atoms with van der Waals surface area (Å²) in [5.41, 5.74) is 3.84. The van der Waals surface area contributed by atoms with E-state index in [-0.39, 0.29) is 11.8 Å². The van der Waals surface area contributed by atoms with Gasteiger partial charge in [0.15, 0.2) is 0 Å². The lowest BCUT2D eigenvalue weighted by Gasteiger charge is -2.17. The monoisotopic (exact) mass is 421 g/mol. The van der Waals surface area contributed by atoms with Crippen molar-refractivity contribution in [2.75, 3.05) is 16.8 Å². The van der Waals surface area contributed by atoms with Crippen LogP contribution in [0.1, 0.15) is 26.3 Å². The number of nitrogens with one attached hydrogen (secondary N) is 1. The fraction of sp³-hybridized carbons (Fsp3) is 0.0952. The minimum absolute atomic E-state index is 0.0333. The number of carbonyl (C=O) groups excluding carboxylic acids is 2. The number of nitrogens with zero attached hydrogens (tertiary/aromatic N) is 2. The Balaban J connectivity index is 1.48. The SMILES string of the molecule is O=C(Nc1ccc(C(=O)N2CCc3ccccc32)cc1)c1cncc(Br)c1. The van der Waals surface area contributed by atoms with E-state index in [1.54, 1.807) is 41.4 Å². The lowest BCUT2D eigenvalue weighted by molar-refractivity contribution is 0.0988. The molecule has 1 N–H and O–H groups in total. The average Bonchev–Trinajstić information content (AvgIpc) is 3.12. The molecule has 0 atom stereocenters. The summed E-state index contributed by atoms with van der Waals surface area (Å²) in [4.78, 5) is 30.9. The molecule has 2 aromatic carbocycles. The number of anilines is 2. The minimum Gasteiger partial charge on any atom is -0.322 e. The first-order valence-corrected chi connectivity index (χ1v) is 9.33. The maximum absolute atomic E-state index is 12.8. The predicted molar refractivity (Wildman–Crippen MR) is 108 cm³/mol. The molecule has 0 saturated heterocycles. The van der Waals surface area contributed by atoms with E-state index in [9.17, 15) is 9.59 Å². The highest BCUT2D eigenvalue weighted by Gasteiger charge is 2.25. The van der Waals surface area contributed by atoms with E-state index >= 15 is 0 Å². The van der Waals surface area contributed by atoms with Gasteiger partial charge in [0.1, 0.15) is 0 Å². The van der Waals surface area contributed by atoms with Gasteiger partial charge in [-0.15, -0.1) is 0 Å². The zero-order valence-electron chi connectivity index (χ0n) is 14.4. The van der Waals surface area contributed by atoms with Crippen LogP contribution < -0.4 is 10.2 Å². The predicted octanol–water partition coefficient (Wildman–Crippen LogP) is 4.30. The fourth-order valence-electron chi connectivity index (χ4n) is 3.14. The quantitative estimate of drug-likeness (QED) is 0.685. The molecule has 134 valence electrons. The number of aromatic nitrogens is 1. The summed E-state index contributed by atoms with van der Waals surface area (Å²) in [6.45, 7) is 0.687. The molecule has 27 heavy (non-hydrogen) atoms. The molecule has 0 bridgehead atoms. The van der Waals surface area contributed by atoms with Gasteiger partial charge in [0.25, 0.3) is 11.8 Å². The number of fused-ring (bicyclic) bond motifs is 1. The van der Waals surface area contributed by atoms with Crippen LogP contribution in [-0.4, -0.2) is 23.3 Å². The van der Waals surface area contributed by atoms with Gasteiger partial charge in [-0.25, -0.2) is 0 Å².